The molecule has 0 aromatic carbocycles. The van der Waals surface area contributed by atoms with Crippen LogP contribution in [0.2, 0.25) is 0 Å². The Morgan fingerprint density at radius 2 is 1.75 bits per heavy atom. The standard InChI is InChI=1S/C22H34O6/c1-11-13-6-7-14-18(28-12(2)23)21(13,10-20(14,5)26)9-17(25)22(27)15(11)8-16(24)19(22,3)4/h13-18,24-27H,1,6-10H2,2-5H3/t13-,14?,15-,16-,17+,18-,20+,21?,22-/m0/s1. The fourth-order valence-corrected chi connectivity index (χ4v) is 7.57. The van der Waals surface area contributed by atoms with E-state index in [0.29, 0.717) is 19.3 Å². The minimum absolute atomic E-state index is 0.0863. The zero-order chi connectivity index (χ0) is 20.9. The summed E-state index contributed by atoms with van der Waals surface area (Å²) in [7, 11) is 0. The van der Waals surface area contributed by atoms with Crippen LogP contribution in [-0.2, 0) is 9.53 Å². The van der Waals surface area contributed by atoms with E-state index in [-0.39, 0.29) is 18.3 Å². The van der Waals surface area contributed by atoms with Crippen LogP contribution in [0.25, 0.3) is 0 Å². The molecular formula is C22H34O6. The molecule has 9 atom stereocenters. The molecule has 4 aliphatic rings. The summed E-state index contributed by atoms with van der Waals surface area (Å²) in [5.74, 6) is -1.11. The SMILES string of the molecule is C=C1[C@@H]2CCC3[C@H](OC(C)=O)C2(C[C@@H](O)[C@@]2(O)[C@H]1C[C@H](O)C2(C)C)C[C@@]3(C)O. The Labute approximate surface area is 166 Å². The van der Waals surface area contributed by atoms with Crippen LogP contribution in [0.3, 0.4) is 0 Å². The van der Waals surface area contributed by atoms with E-state index in [1.807, 2.05) is 0 Å². The van der Waals surface area contributed by atoms with Crippen LogP contribution in [0.1, 0.15) is 59.8 Å². The highest BCUT2D eigenvalue weighted by Gasteiger charge is 2.73. The second-order valence-corrected chi connectivity index (χ2v) is 10.7. The van der Waals surface area contributed by atoms with Crippen molar-refractivity contribution in [3.05, 3.63) is 12.2 Å². The second-order valence-electron chi connectivity index (χ2n) is 10.7. The van der Waals surface area contributed by atoms with E-state index in [2.05, 4.69) is 6.58 Å². The van der Waals surface area contributed by atoms with Gasteiger partial charge in [-0.25, -0.2) is 0 Å². The lowest BCUT2D eigenvalue weighted by molar-refractivity contribution is -0.181. The Kier molecular flexibility index (Phi) is 4.22. The first-order chi connectivity index (χ1) is 12.8. The summed E-state index contributed by atoms with van der Waals surface area (Å²) in [6.07, 6.45) is 0.0633. The molecule has 4 fully saturated rings. The molecule has 1 spiro atoms. The van der Waals surface area contributed by atoms with Gasteiger partial charge in [0.2, 0.25) is 0 Å². The van der Waals surface area contributed by atoms with Gasteiger partial charge in [0, 0.05) is 29.6 Å². The molecule has 0 aromatic heterocycles. The van der Waals surface area contributed by atoms with E-state index < -0.39 is 52.2 Å². The molecule has 0 radical (unpaired) electrons. The molecule has 4 N–H and O–H groups in total. The number of esters is 1. The van der Waals surface area contributed by atoms with Crippen molar-refractivity contribution in [2.45, 2.75) is 89.3 Å². The largest absolute Gasteiger partial charge is 0.462 e. The van der Waals surface area contributed by atoms with Gasteiger partial charge < -0.3 is 25.2 Å². The molecule has 6 nitrogen and oxygen atoms in total. The van der Waals surface area contributed by atoms with Crippen molar-refractivity contribution >= 4 is 5.97 Å². The summed E-state index contributed by atoms with van der Waals surface area (Å²) in [5, 5.41) is 44.9. The molecule has 0 amide bonds. The summed E-state index contributed by atoms with van der Waals surface area (Å²) >= 11 is 0. The van der Waals surface area contributed by atoms with Crippen LogP contribution in [0.15, 0.2) is 12.2 Å². The van der Waals surface area contributed by atoms with Crippen molar-refractivity contribution < 1.29 is 30.0 Å². The third-order valence-electron chi connectivity index (χ3n) is 9.00. The van der Waals surface area contributed by atoms with Gasteiger partial charge in [-0.15, -0.1) is 0 Å². The average molecular weight is 395 g/mol. The minimum Gasteiger partial charge on any atom is -0.462 e. The lowest BCUT2D eigenvalue weighted by atomic mass is 9.61. The number of carbonyl (C=O) groups excluding carboxylic acids is 1. The molecule has 2 bridgehead atoms. The number of hydrogen-bond acceptors (Lipinski definition) is 6. The molecular weight excluding hydrogens is 360 g/mol. The van der Waals surface area contributed by atoms with E-state index in [1.165, 1.54) is 6.92 Å². The number of hydrogen-bond donors (Lipinski definition) is 4. The number of carbonyl (C=O) groups is 1. The maximum atomic E-state index is 11.9. The molecule has 4 saturated carbocycles. The van der Waals surface area contributed by atoms with E-state index in [1.54, 1.807) is 20.8 Å². The Morgan fingerprint density at radius 3 is 2.36 bits per heavy atom. The lowest BCUT2D eigenvalue weighted by Crippen LogP contribution is -2.57. The zero-order valence-electron chi connectivity index (χ0n) is 17.3. The highest BCUT2D eigenvalue weighted by atomic mass is 16.5. The fourth-order valence-electron chi connectivity index (χ4n) is 7.57. The quantitative estimate of drug-likeness (QED) is 0.397. The first-order valence-corrected chi connectivity index (χ1v) is 10.5. The third kappa shape index (κ3) is 2.26. The topological polar surface area (TPSA) is 107 Å². The molecule has 28 heavy (non-hydrogen) atoms. The maximum Gasteiger partial charge on any atom is 0.302 e. The van der Waals surface area contributed by atoms with Crippen LogP contribution in [0, 0.1) is 28.6 Å². The fraction of sp³-hybridized carbons (Fsp3) is 0.864. The van der Waals surface area contributed by atoms with Crippen LogP contribution in [0.5, 0.6) is 0 Å². The number of ether oxygens (including phenoxy) is 1. The monoisotopic (exact) mass is 394 g/mol. The smallest absolute Gasteiger partial charge is 0.302 e. The van der Waals surface area contributed by atoms with E-state index in [0.717, 1.165) is 12.0 Å². The van der Waals surface area contributed by atoms with Crippen molar-refractivity contribution in [3.8, 4) is 0 Å². The number of fused-ring (bicyclic) bond motifs is 2. The van der Waals surface area contributed by atoms with Gasteiger partial charge in [-0.3, -0.25) is 4.79 Å². The van der Waals surface area contributed by atoms with Crippen LogP contribution >= 0.6 is 0 Å². The van der Waals surface area contributed by atoms with Crippen LogP contribution in [0.4, 0.5) is 0 Å². The summed E-state index contributed by atoms with van der Waals surface area (Å²) in [4.78, 5) is 11.9. The maximum absolute atomic E-state index is 11.9. The van der Waals surface area contributed by atoms with Crippen molar-refractivity contribution in [1.82, 2.24) is 0 Å². The van der Waals surface area contributed by atoms with Gasteiger partial charge in [0.1, 0.15) is 11.7 Å². The highest BCUT2D eigenvalue weighted by molar-refractivity contribution is 5.66. The Balaban J connectivity index is 1.86. The minimum atomic E-state index is -1.51. The van der Waals surface area contributed by atoms with Crippen molar-refractivity contribution in [2.24, 2.45) is 28.6 Å². The molecule has 0 saturated heterocycles. The lowest BCUT2D eigenvalue weighted by Gasteiger charge is -2.47. The molecule has 158 valence electrons. The van der Waals surface area contributed by atoms with Crippen LogP contribution < -0.4 is 0 Å². The first kappa shape index (κ1) is 20.3. The van der Waals surface area contributed by atoms with E-state index in [9.17, 15) is 25.2 Å². The second kappa shape index (κ2) is 5.81. The van der Waals surface area contributed by atoms with Gasteiger partial charge in [0.05, 0.1) is 17.8 Å². The molecule has 0 aliphatic heterocycles. The molecule has 2 unspecified atom stereocenters. The number of aliphatic hydroxyl groups is 4. The van der Waals surface area contributed by atoms with Crippen LogP contribution in [-0.4, -0.2) is 55.9 Å². The van der Waals surface area contributed by atoms with Crippen molar-refractivity contribution in [2.75, 3.05) is 0 Å². The Bertz CT molecular complexity index is 714. The predicted molar refractivity (Wildman–Crippen MR) is 102 cm³/mol. The number of aliphatic hydroxyl groups excluding tert-OH is 2. The molecule has 4 rings (SSSR count). The normalized spacial score (nSPS) is 54.6. The summed E-state index contributed by atoms with van der Waals surface area (Å²) in [5.41, 5.74) is -3.26. The van der Waals surface area contributed by atoms with Gasteiger partial charge in [0.25, 0.3) is 0 Å². The van der Waals surface area contributed by atoms with Crippen molar-refractivity contribution in [3.63, 3.8) is 0 Å². The van der Waals surface area contributed by atoms with Gasteiger partial charge in [-0.05, 0) is 44.9 Å². The van der Waals surface area contributed by atoms with E-state index >= 15 is 0 Å². The zero-order valence-corrected chi connectivity index (χ0v) is 17.3. The first-order valence-electron chi connectivity index (χ1n) is 10.5. The number of rotatable bonds is 1. The molecule has 4 aliphatic carbocycles. The molecule has 0 aromatic rings. The van der Waals surface area contributed by atoms with E-state index in [4.69, 9.17) is 4.74 Å². The molecule has 0 heterocycles. The summed E-state index contributed by atoms with van der Waals surface area (Å²) in [6.45, 7) is 11.1. The van der Waals surface area contributed by atoms with Gasteiger partial charge >= 0.3 is 5.97 Å². The van der Waals surface area contributed by atoms with Gasteiger partial charge in [-0.2, -0.15) is 0 Å². The summed E-state index contributed by atoms with van der Waals surface area (Å²) < 4.78 is 5.77. The Morgan fingerprint density at radius 1 is 1.11 bits per heavy atom. The predicted octanol–water partition coefficient (Wildman–Crippen LogP) is 1.54. The van der Waals surface area contributed by atoms with Gasteiger partial charge in [0.15, 0.2) is 0 Å². The third-order valence-corrected chi connectivity index (χ3v) is 9.00. The summed E-state index contributed by atoms with van der Waals surface area (Å²) in [6, 6.07) is 0. The van der Waals surface area contributed by atoms with Crippen molar-refractivity contribution in [1.29, 1.82) is 0 Å². The highest BCUT2D eigenvalue weighted by Crippen LogP contribution is 2.69. The molecule has 6 heteroatoms. The average Bonchev–Trinajstić information content (AvgIpc) is 2.79. The Hall–Kier alpha value is -0.950. The van der Waals surface area contributed by atoms with Gasteiger partial charge in [-0.1, -0.05) is 26.0 Å².